The largest absolute Gasteiger partial charge is 0.384 e. The molecule has 0 radical (unpaired) electrons. The average Bonchev–Trinajstić information content (AvgIpc) is 2.27. The predicted octanol–water partition coefficient (Wildman–Crippen LogP) is 1.64. The summed E-state index contributed by atoms with van der Waals surface area (Å²) in [4.78, 5) is 16.9. The molecule has 3 N–H and O–H groups in total. The SMILES string of the molecule is Cc1cc(NC(C)c2nccc(N)n2)nc(C)n1. The van der Waals surface area contributed by atoms with Crippen molar-refractivity contribution < 1.29 is 0 Å². The molecule has 0 bridgehead atoms. The molecule has 6 heteroatoms. The van der Waals surface area contributed by atoms with Gasteiger partial charge < -0.3 is 11.1 Å². The van der Waals surface area contributed by atoms with Crippen LogP contribution in [0.1, 0.15) is 30.3 Å². The number of aryl methyl sites for hydroxylation is 2. The van der Waals surface area contributed by atoms with Crippen molar-refractivity contribution in [2.24, 2.45) is 0 Å². The Morgan fingerprint density at radius 1 is 1.22 bits per heavy atom. The van der Waals surface area contributed by atoms with Crippen molar-refractivity contribution in [2.45, 2.75) is 26.8 Å². The molecule has 2 heterocycles. The Kier molecular flexibility index (Phi) is 3.36. The molecule has 0 saturated carbocycles. The van der Waals surface area contributed by atoms with Gasteiger partial charge >= 0.3 is 0 Å². The van der Waals surface area contributed by atoms with Crippen LogP contribution in [0.15, 0.2) is 18.3 Å². The van der Waals surface area contributed by atoms with Crippen molar-refractivity contribution in [3.05, 3.63) is 35.7 Å². The summed E-state index contributed by atoms with van der Waals surface area (Å²) in [5, 5.41) is 3.24. The fourth-order valence-electron chi connectivity index (χ4n) is 1.67. The van der Waals surface area contributed by atoms with Crippen LogP contribution < -0.4 is 11.1 Å². The number of rotatable bonds is 3. The summed E-state index contributed by atoms with van der Waals surface area (Å²) in [6.45, 7) is 5.75. The van der Waals surface area contributed by atoms with E-state index in [9.17, 15) is 0 Å². The predicted molar refractivity (Wildman–Crippen MR) is 70.0 cm³/mol. The van der Waals surface area contributed by atoms with Gasteiger partial charge in [-0.2, -0.15) is 0 Å². The lowest BCUT2D eigenvalue weighted by atomic mass is 10.3. The van der Waals surface area contributed by atoms with Crippen molar-refractivity contribution >= 4 is 11.6 Å². The summed E-state index contributed by atoms with van der Waals surface area (Å²) in [7, 11) is 0. The number of nitrogens with one attached hydrogen (secondary N) is 1. The van der Waals surface area contributed by atoms with Gasteiger partial charge in [0.15, 0.2) is 5.82 Å². The molecular formula is C12H16N6. The third-order valence-corrected chi connectivity index (χ3v) is 2.41. The van der Waals surface area contributed by atoms with Crippen molar-refractivity contribution in [1.82, 2.24) is 19.9 Å². The van der Waals surface area contributed by atoms with Crippen LogP contribution in [-0.4, -0.2) is 19.9 Å². The molecule has 2 aromatic heterocycles. The zero-order valence-corrected chi connectivity index (χ0v) is 10.7. The quantitative estimate of drug-likeness (QED) is 0.853. The first-order valence-corrected chi connectivity index (χ1v) is 5.72. The molecule has 0 aliphatic heterocycles. The van der Waals surface area contributed by atoms with E-state index in [0.29, 0.717) is 11.6 Å². The van der Waals surface area contributed by atoms with E-state index in [1.807, 2.05) is 26.8 Å². The van der Waals surface area contributed by atoms with Gasteiger partial charge in [-0.15, -0.1) is 0 Å². The third kappa shape index (κ3) is 2.91. The first kappa shape index (κ1) is 12.2. The summed E-state index contributed by atoms with van der Waals surface area (Å²) in [6, 6.07) is 3.48. The highest BCUT2D eigenvalue weighted by molar-refractivity contribution is 5.38. The van der Waals surface area contributed by atoms with E-state index in [0.717, 1.165) is 17.3 Å². The molecule has 6 nitrogen and oxygen atoms in total. The van der Waals surface area contributed by atoms with Crippen LogP contribution >= 0.6 is 0 Å². The highest BCUT2D eigenvalue weighted by atomic mass is 15.1. The molecule has 0 spiro atoms. The van der Waals surface area contributed by atoms with Crippen molar-refractivity contribution in [3.8, 4) is 0 Å². The zero-order valence-electron chi connectivity index (χ0n) is 10.7. The first-order valence-electron chi connectivity index (χ1n) is 5.72. The second-order valence-electron chi connectivity index (χ2n) is 4.15. The van der Waals surface area contributed by atoms with Crippen LogP contribution in [0, 0.1) is 13.8 Å². The van der Waals surface area contributed by atoms with Crippen molar-refractivity contribution in [3.63, 3.8) is 0 Å². The lowest BCUT2D eigenvalue weighted by Crippen LogP contribution is -2.13. The highest BCUT2D eigenvalue weighted by Gasteiger charge is 2.10. The normalized spacial score (nSPS) is 12.2. The van der Waals surface area contributed by atoms with Crippen LogP contribution in [0.4, 0.5) is 11.6 Å². The Balaban J connectivity index is 2.18. The van der Waals surface area contributed by atoms with Crippen LogP contribution in [0.5, 0.6) is 0 Å². The van der Waals surface area contributed by atoms with E-state index in [1.165, 1.54) is 0 Å². The maximum atomic E-state index is 5.63. The van der Waals surface area contributed by atoms with Gasteiger partial charge in [-0.1, -0.05) is 0 Å². The smallest absolute Gasteiger partial charge is 0.152 e. The van der Waals surface area contributed by atoms with E-state index in [2.05, 4.69) is 25.3 Å². The van der Waals surface area contributed by atoms with Gasteiger partial charge in [0.2, 0.25) is 0 Å². The van der Waals surface area contributed by atoms with E-state index >= 15 is 0 Å². The molecule has 94 valence electrons. The van der Waals surface area contributed by atoms with Gasteiger partial charge in [0.25, 0.3) is 0 Å². The van der Waals surface area contributed by atoms with Crippen LogP contribution in [0.25, 0.3) is 0 Å². The molecule has 0 saturated heterocycles. The minimum absolute atomic E-state index is 0.0674. The zero-order chi connectivity index (χ0) is 13.1. The number of nitrogens with zero attached hydrogens (tertiary/aromatic N) is 4. The average molecular weight is 244 g/mol. The maximum Gasteiger partial charge on any atom is 0.152 e. The van der Waals surface area contributed by atoms with Crippen LogP contribution in [0.2, 0.25) is 0 Å². The molecule has 2 rings (SSSR count). The molecule has 0 aliphatic rings. The standard InChI is InChI=1S/C12H16N6/c1-7-6-11(17-9(3)15-7)16-8(2)12-14-5-4-10(13)18-12/h4-6,8H,1-3H3,(H2,13,14,18)(H,15,16,17). The molecule has 0 fully saturated rings. The van der Waals surface area contributed by atoms with Gasteiger partial charge in [-0.05, 0) is 26.8 Å². The Bertz CT molecular complexity index is 534. The van der Waals surface area contributed by atoms with E-state index < -0.39 is 0 Å². The number of anilines is 2. The van der Waals surface area contributed by atoms with Gasteiger partial charge in [-0.25, -0.2) is 19.9 Å². The molecule has 0 aliphatic carbocycles. The second kappa shape index (κ2) is 4.95. The number of hydrogen-bond acceptors (Lipinski definition) is 6. The number of nitrogens with two attached hydrogens (primary N) is 1. The Labute approximate surface area is 106 Å². The number of aromatic nitrogens is 4. The van der Waals surface area contributed by atoms with Crippen molar-refractivity contribution in [2.75, 3.05) is 11.1 Å². The number of nitrogen functional groups attached to an aromatic ring is 1. The molecule has 0 amide bonds. The lowest BCUT2D eigenvalue weighted by Gasteiger charge is -2.13. The highest BCUT2D eigenvalue weighted by Crippen LogP contribution is 2.15. The molecular weight excluding hydrogens is 228 g/mol. The third-order valence-electron chi connectivity index (χ3n) is 2.41. The maximum absolute atomic E-state index is 5.63. The second-order valence-corrected chi connectivity index (χ2v) is 4.15. The van der Waals surface area contributed by atoms with Crippen molar-refractivity contribution in [1.29, 1.82) is 0 Å². The molecule has 1 unspecified atom stereocenters. The minimum Gasteiger partial charge on any atom is -0.384 e. The van der Waals surface area contributed by atoms with Gasteiger partial charge in [-0.3, -0.25) is 0 Å². The summed E-state index contributed by atoms with van der Waals surface area (Å²) in [6.07, 6.45) is 1.65. The van der Waals surface area contributed by atoms with Gasteiger partial charge in [0.1, 0.15) is 17.5 Å². The summed E-state index contributed by atoms with van der Waals surface area (Å²) in [5.74, 6) is 2.60. The number of hydrogen-bond donors (Lipinski definition) is 2. The topological polar surface area (TPSA) is 89.6 Å². The van der Waals surface area contributed by atoms with E-state index in [4.69, 9.17) is 5.73 Å². The van der Waals surface area contributed by atoms with Gasteiger partial charge in [0.05, 0.1) is 6.04 Å². The Hall–Kier alpha value is -2.24. The van der Waals surface area contributed by atoms with E-state index in [1.54, 1.807) is 12.3 Å². The van der Waals surface area contributed by atoms with Gasteiger partial charge in [0, 0.05) is 18.0 Å². The fourth-order valence-corrected chi connectivity index (χ4v) is 1.67. The lowest BCUT2D eigenvalue weighted by molar-refractivity contribution is 0.782. The Morgan fingerprint density at radius 2 is 2.00 bits per heavy atom. The molecule has 18 heavy (non-hydrogen) atoms. The molecule has 1 atom stereocenters. The first-order chi connectivity index (χ1) is 8.54. The summed E-state index contributed by atoms with van der Waals surface area (Å²) >= 11 is 0. The molecule has 2 aromatic rings. The van der Waals surface area contributed by atoms with Crippen LogP contribution in [0.3, 0.4) is 0 Å². The molecule has 0 aromatic carbocycles. The monoisotopic (exact) mass is 244 g/mol. The van der Waals surface area contributed by atoms with E-state index in [-0.39, 0.29) is 6.04 Å². The van der Waals surface area contributed by atoms with Crippen LogP contribution in [-0.2, 0) is 0 Å². The summed E-state index contributed by atoms with van der Waals surface area (Å²) < 4.78 is 0. The minimum atomic E-state index is -0.0674. The Morgan fingerprint density at radius 3 is 2.67 bits per heavy atom. The summed E-state index contributed by atoms with van der Waals surface area (Å²) in [5.41, 5.74) is 6.56. The fraction of sp³-hybridized carbons (Fsp3) is 0.333.